The number of esters is 4. The molecule has 0 heterocycles. The Balaban J connectivity index is 5.16. The minimum atomic E-state index is -4.97. The van der Waals surface area contributed by atoms with Crippen LogP contribution in [-0.2, 0) is 65.4 Å². The lowest BCUT2D eigenvalue weighted by Gasteiger charge is -2.21. The number of phosphoric ester groups is 2. The summed E-state index contributed by atoms with van der Waals surface area (Å²) in [6, 6.07) is 0. The lowest BCUT2D eigenvalue weighted by molar-refractivity contribution is -0.161. The zero-order valence-corrected chi connectivity index (χ0v) is 74.2. The Hall–Kier alpha value is -1.94. The summed E-state index contributed by atoms with van der Waals surface area (Å²) in [6.45, 7) is 7.40. The highest BCUT2D eigenvalue weighted by Crippen LogP contribution is 2.45. The van der Waals surface area contributed by atoms with E-state index in [0.717, 1.165) is 95.8 Å². The first-order valence-corrected chi connectivity index (χ1v) is 50.1. The monoisotopic (exact) mass is 1610 g/mol. The van der Waals surface area contributed by atoms with Crippen molar-refractivity contribution < 1.29 is 80.2 Å². The summed E-state index contributed by atoms with van der Waals surface area (Å²) in [5.41, 5.74) is 0. The van der Waals surface area contributed by atoms with Gasteiger partial charge in [0.25, 0.3) is 0 Å². The van der Waals surface area contributed by atoms with Crippen molar-refractivity contribution >= 4 is 39.5 Å². The molecule has 0 fully saturated rings. The number of carbonyl (C=O) groups is 4. The van der Waals surface area contributed by atoms with Crippen LogP contribution in [-0.4, -0.2) is 96.7 Å². The van der Waals surface area contributed by atoms with Gasteiger partial charge in [0, 0.05) is 25.7 Å². The molecule has 19 heteroatoms. The minimum absolute atomic E-state index is 0.109. The molecule has 0 bridgehead atoms. The molecule has 0 radical (unpaired) electrons. The van der Waals surface area contributed by atoms with Crippen molar-refractivity contribution in [1.82, 2.24) is 0 Å². The van der Waals surface area contributed by atoms with Crippen molar-refractivity contribution in [2.24, 2.45) is 5.92 Å². The highest BCUT2D eigenvalue weighted by molar-refractivity contribution is 7.47. The summed E-state index contributed by atoms with van der Waals surface area (Å²) in [4.78, 5) is 73.3. The molecular weight excluding hydrogens is 1430 g/mol. The fourth-order valence-electron chi connectivity index (χ4n) is 14.4. The third-order valence-corrected chi connectivity index (χ3v) is 23.4. The topological polar surface area (TPSA) is 237 Å². The molecule has 17 nitrogen and oxygen atoms in total. The van der Waals surface area contributed by atoms with Gasteiger partial charge in [0.1, 0.15) is 19.3 Å². The second-order valence-electron chi connectivity index (χ2n) is 33.2. The first-order chi connectivity index (χ1) is 53.5. The van der Waals surface area contributed by atoms with Gasteiger partial charge in [0.15, 0.2) is 12.2 Å². The van der Waals surface area contributed by atoms with E-state index in [0.29, 0.717) is 25.7 Å². The SMILES string of the molecule is CCCCCCCCCCCCCCCCCCCCCCCC(=O)OC[C@H](COP(=O)(O)OC[C@@H](O)COP(=O)(O)OC[C@@H](COC(=O)CCCCCCCCCC)OC(=O)CCCCCCCCCCCCCCCCCCCCCC)OC(=O)CCCCCCCCCCCCCCCCCCCCC(C)C. The second-order valence-corrected chi connectivity index (χ2v) is 36.1. The zero-order chi connectivity index (χ0) is 80.4. The average Bonchev–Trinajstić information content (AvgIpc) is 0.899. The smallest absolute Gasteiger partial charge is 0.462 e. The van der Waals surface area contributed by atoms with Gasteiger partial charge in [0.2, 0.25) is 0 Å². The molecular formula is C91H178O17P2. The molecule has 5 atom stereocenters. The lowest BCUT2D eigenvalue weighted by atomic mass is 10.0. The van der Waals surface area contributed by atoms with Gasteiger partial charge in [-0.25, -0.2) is 9.13 Å². The van der Waals surface area contributed by atoms with Gasteiger partial charge in [0.05, 0.1) is 26.4 Å². The van der Waals surface area contributed by atoms with E-state index in [1.165, 1.54) is 321 Å². The Bertz CT molecular complexity index is 2080. The molecule has 0 aliphatic heterocycles. The Morgan fingerprint density at radius 2 is 0.418 bits per heavy atom. The Kier molecular flexibility index (Phi) is 82.1. The number of phosphoric acid groups is 2. The Morgan fingerprint density at radius 1 is 0.245 bits per heavy atom. The Morgan fingerprint density at radius 3 is 0.618 bits per heavy atom. The maximum Gasteiger partial charge on any atom is 0.472 e. The van der Waals surface area contributed by atoms with E-state index in [4.69, 9.17) is 37.0 Å². The Labute approximate surface area is 677 Å². The number of aliphatic hydroxyl groups is 1. The molecule has 0 aliphatic carbocycles. The van der Waals surface area contributed by atoms with Crippen molar-refractivity contribution in [3.63, 3.8) is 0 Å². The van der Waals surface area contributed by atoms with E-state index in [1.54, 1.807) is 0 Å². The van der Waals surface area contributed by atoms with Crippen LogP contribution in [0.5, 0.6) is 0 Å². The molecule has 3 N–H and O–H groups in total. The largest absolute Gasteiger partial charge is 0.472 e. The number of ether oxygens (including phenoxy) is 4. The number of unbranched alkanes of at least 4 members (excludes halogenated alkanes) is 63. The van der Waals surface area contributed by atoms with Crippen molar-refractivity contribution in [3.8, 4) is 0 Å². The van der Waals surface area contributed by atoms with Crippen molar-refractivity contribution in [3.05, 3.63) is 0 Å². The first kappa shape index (κ1) is 108. The molecule has 2 unspecified atom stereocenters. The van der Waals surface area contributed by atoms with Crippen molar-refractivity contribution in [1.29, 1.82) is 0 Å². The van der Waals surface area contributed by atoms with E-state index >= 15 is 0 Å². The van der Waals surface area contributed by atoms with Crippen molar-refractivity contribution in [2.75, 3.05) is 39.6 Å². The highest BCUT2D eigenvalue weighted by Gasteiger charge is 2.31. The van der Waals surface area contributed by atoms with E-state index in [1.807, 2.05) is 0 Å². The van der Waals surface area contributed by atoms with Gasteiger partial charge < -0.3 is 33.8 Å². The van der Waals surface area contributed by atoms with Crippen LogP contribution in [0, 0.1) is 5.92 Å². The molecule has 0 spiro atoms. The number of hydrogen-bond acceptors (Lipinski definition) is 15. The number of carbonyl (C=O) groups excluding carboxylic acids is 4. The molecule has 0 aromatic rings. The van der Waals surface area contributed by atoms with Crippen LogP contribution in [0.2, 0.25) is 0 Å². The lowest BCUT2D eigenvalue weighted by Crippen LogP contribution is -2.30. The van der Waals surface area contributed by atoms with E-state index < -0.39 is 97.5 Å². The zero-order valence-electron chi connectivity index (χ0n) is 72.4. The maximum atomic E-state index is 13.2. The van der Waals surface area contributed by atoms with E-state index in [9.17, 15) is 43.2 Å². The quantitative estimate of drug-likeness (QED) is 0.0222. The predicted octanol–water partition coefficient (Wildman–Crippen LogP) is 28.3. The third-order valence-electron chi connectivity index (χ3n) is 21.5. The third kappa shape index (κ3) is 84.0. The summed E-state index contributed by atoms with van der Waals surface area (Å²) < 4.78 is 69.0. The molecule has 0 aliphatic rings. The van der Waals surface area contributed by atoms with Gasteiger partial charge in [-0.1, -0.05) is 446 Å². The number of rotatable bonds is 91. The van der Waals surface area contributed by atoms with Crippen LogP contribution < -0.4 is 0 Å². The van der Waals surface area contributed by atoms with E-state index in [2.05, 4.69) is 34.6 Å². The predicted molar refractivity (Wildman–Crippen MR) is 455 cm³/mol. The standard InChI is InChI=1S/C91H178O17P2/c1-6-9-12-15-18-21-23-25-27-29-31-33-35-39-43-47-51-55-60-65-70-75-89(94)102-81-87(108-91(96)77-72-67-62-57-53-49-45-41-37-36-38-42-46-50-54-58-63-68-73-84(4)5)83-106-110(99,100)104-79-85(92)78-103-109(97,98)105-82-86(80-101-88(93)74-69-64-59-20-17-14-11-8-3)107-90(95)76-71-66-61-56-52-48-44-40-34-32-30-28-26-24-22-19-16-13-10-7-2/h84-87,92H,6-83H2,1-5H3,(H,97,98)(H,99,100)/t85-,86+,87+/m0/s1. The fraction of sp³-hybridized carbons (Fsp3) is 0.956. The summed E-state index contributed by atoms with van der Waals surface area (Å²) >= 11 is 0. The summed E-state index contributed by atoms with van der Waals surface area (Å²) in [5, 5.41) is 10.7. The van der Waals surface area contributed by atoms with Crippen LogP contribution in [0.4, 0.5) is 0 Å². The summed E-state index contributed by atoms with van der Waals surface area (Å²) in [6.07, 6.45) is 79.5. The highest BCUT2D eigenvalue weighted by atomic mass is 31.2. The molecule has 0 aromatic heterocycles. The van der Waals surface area contributed by atoms with Crippen LogP contribution in [0.1, 0.15) is 497 Å². The van der Waals surface area contributed by atoms with Crippen LogP contribution in [0.3, 0.4) is 0 Å². The maximum absolute atomic E-state index is 13.2. The normalized spacial score (nSPS) is 13.7. The summed E-state index contributed by atoms with van der Waals surface area (Å²) in [7, 11) is -9.93. The first-order valence-electron chi connectivity index (χ1n) is 47.1. The fourth-order valence-corrected chi connectivity index (χ4v) is 15.9. The average molecular weight is 1610 g/mol. The van der Waals surface area contributed by atoms with Crippen LogP contribution in [0.15, 0.2) is 0 Å². The van der Waals surface area contributed by atoms with Gasteiger partial charge in [-0.3, -0.25) is 37.3 Å². The molecule has 0 saturated heterocycles. The van der Waals surface area contributed by atoms with Gasteiger partial charge in [-0.15, -0.1) is 0 Å². The van der Waals surface area contributed by atoms with Crippen LogP contribution >= 0.6 is 15.6 Å². The molecule has 0 amide bonds. The summed E-state index contributed by atoms with van der Waals surface area (Å²) in [5.74, 6) is -1.28. The molecule has 110 heavy (non-hydrogen) atoms. The second kappa shape index (κ2) is 83.5. The molecule has 0 aromatic carbocycles. The van der Waals surface area contributed by atoms with Gasteiger partial charge in [-0.2, -0.15) is 0 Å². The molecule has 0 rings (SSSR count). The number of hydrogen-bond donors (Lipinski definition) is 3. The minimum Gasteiger partial charge on any atom is -0.462 e. The molecule has 654 valence electrons. The van der Waals surface area contributed by atoms with Crippen molar-refractivity contribution in [2.45, 2.75) is 515 Å². The van der Waals surface area contributed by atoms with E-state index in [-0.39, 0.29) is 25.7 Å². The van der Waals surface area contributed by atoms with Crippen LogP contribution in [0.25, 0.3) is 0 Å². The van der Waals surface area contributed by atoms with Gasteiger partial charge >= 0.3 is 39.5 Å². The molecule has 0 saturated carbocycles. The van der Waals surface area contributed by atoms with Gasteiger partial charge in [-0.05, 0) is 31.6 Å². The number of aliphatic hydroxyl groups excluding tert-OH is 1.